The summed E-state index contributed by atoms with van der Waals surface area (Å²) in [6, 6.07) is 11.4. The molecule has 9 heteroatoms. The molecule has 7 nitrogen and oxygen atoms in total. The van der Waals surface area contributed by atoms with Gasteiger partial charge in [-0.2, -0.15) is 5.10 Å². The van der Waals surface area contributed by atoms with Crippen molar-refractivity contribution in [2.45, 2.75) is 13.8 Å². The molecule has 0 aliphatic heterocycles. The molecule has 0 spiro atoms. The predicted molar refractivity (Wildman–Crippen MR) is 105 cm³/mol. The van der Waals surface area contributed by atoms with E-state index >= 15 is 0 Å². The highest BCUT2D eigenvalue weighted by Gasteiger charge is 2.12. The third-order valence-electron chi connectivity index (χ3n) is 4.00. The number of nitrogens with zero attached hydrogens (tertiary/aromatic N) is 2. The predicted octanol–water partition coefficient (Wildman–Crippen LogP) is 3.53. The maximum atomic E-state index is 13.2. The molecule has 0 fully saturated rings. The maximum absolute atomic E-state index is 13.2. The van der Waals surface area contributed by atoms with Crippen LogP contribution in [0.1, 0.15) is 11.4 Å². The zero-order valence-electron chi connectivity index (χ0n) is 15.8. The Hall–Kier alpha value is -3.75. The van der Waals surface area contributed by atoms with Crippen molar-refractivity contribution in [1.29, 1.82) is 0 Å². The number of carbonyl (C=O) groups is 2. The Balaban J connectivity index is 1.60. The maximum Gasteiger partial charge on any atom is 0.319 e. The standard InChI is InChI=1S/C20H19F2N5O2/c1-12-9-13(2)27(26-12)18-6-4-3-5-17(18)25-20(29)23-11-19(28)24-14-7-8-15(21)16(22)10-14/h3-10H,11H2,1-2H3,(H,24,28)(H2,23,25,29). The summed E-state index contributed by atoms with van der Waals surface area (Å²) < 4.78 is 27.8. The third-order valence-corrected chi connectivity index (χ3v) is 4.00. The number of para-hydroxylation sites is 2. The monoisotopic (exact) mass is 399 g/mol. The number of benzene rings is 2. The third kappa shape index (κ3) is 4.95. The Morgan fingerprint density at radius 1 is 1.00 bits per heavy atom. The van der Waals surface area contributed by atoms with E-state index in [0.29, 0.717) is 11.4 Å². The summed E-state index contributed by atoms with van der Waals surface area (Å²) >= 11 is 0. The van der Waals surface area contributed by atoms with Crippen LogP contribution in [0, 0.1) is 25.5 Å². The van der Waals surface area contributed by atoms with Crippen molar-refractivity contribution in [1.82, 2.24) is 15.1 Å². The van der Waals surface area contributed by atoms with Gasteiger partial charge in [-0.3, -0.25) is 4.79 Å². The van der Waals surface area contributed by atoms with Crippen molar-refractivity contribution in [2.75, 3.05) is 17.2 Å². The van der Waals surface area contributed by atoms with Gasteiger partial charge in [0.05, 0.1) is 23.6 Å². The van der Waals surface area contributed by atoms with Crippen LogP contribution < -0.4 is 16.0 Å². The molecule has 29 heavy (non-hydrogen) atoms. The Morgan fingerprint density at radius 2 is 1.76 bits per heavy atom. The van der Waals surface area contributed by atoms with Gasteiger partial charge in [-0.1, -0.05) is 12.1 Å². The van der Waals surface area contributed by atoms with Gasteiger partial charge in [0, 0.05) is 17.4 Å². The van der Waals surface area contributed by atoms with E-state index in [4.69, 9.17) is 0 Å². The van der Waals surface area contributed by atoms with Crippen LogP contribution in [0.25, 0.3) is 5.69 Å². The fraction of sp³-hybridized carbons (Fsp3) is 0.150. The lowest BCUT2D eigenvalue weighted by Gasteiger charge is -2.13. The van der Waals surface area contributed by atoms with E-state index in [9.17, 15) is 18.4 Å². The summed E-state index contributed by atoms with van der Waals surface area (Å²) in [5.41, 5.74) is 3.03. The van der Waals surface area contributed by atoms with Gasteiger partial charge in [-0.25, -0.2) is 18.3 Å². The average molecular weight is 399 g/mol. The molecular formula is C20H19F2N5O2. The number of rotatable bonds is 5. The topological polar surface area (TPSA) is 88.0 Å². The summed E-state index contributed by atoms with van der Waals surface area (Å²) in [5, 5.41) is 11.9. The Kier molecular flexibility index (Phi) is 5.87. The van der Waals surface area contributed by atoms with Gasteiger partial charge in [0.15, 0.2) is 11.6 Å². The normalized spacial score (nSPS) is 10.5. The molecule has 0 bridgehead atoms. The molecule has 0 saturated carbocycles. The number of halogens is 2. The first-order chi connectivity index (χ1) is 13.8. The molecule has 3 N–H and O–H groups in total. The van der Waals surface area contributed by atoms with Crippen molar-refractivity contribution in [2.24, 2.45) is 0 Å². The van der Waals surface area contributed by atoms with Crippen molar-refractivity contribution < 1.29 is 18.4 Å². The van der Waals surface area contributed by atoms with Crippen molar-refractivity contribution in [3.8, 4) is 5.69 Å². The molecule has 3 amide bonds. The van der Waals surface area contributed by atoms with Gasteiger partial charge in [-0.05, 0) is 44.2 Å². The van der Waals surface area contributed by atoms with E-state index in [0.717, 1.165) is 23.5 Å². The second-order valence-corrected chi connectivity index (χ2v) is 6.34. The lowest BCUT2D eigenvalue weighted by molar-refractivity contribution is -0.115. The Bertz CT molecular complexity index is 1060. The molecular weight excluding hydrogens is 380 g/mol. The van der Waals surface area contributed by atoms with Gasteiger partial charge in [0.25, 0.3) is 0 Å². The SMILES string of the molecule is Cc1cc(C)n(-c2ccccc2NC(=O)NCC(=O)Nc2ccc(F)c(F)c2)n1. The highest BCUT2D eigenvalue weighted by Crippen LogP contribution is 2.21. The van der Waals surface area contributed by atoms with Gasteiger partial charge in [0.1, 0.15) is 0 Å². The number of anilines is 2. The number of nitrogens with one attached hydrogen (secondary N) is 3. The molecule has 2 aromatic carbocycles. The van der Waals surface area contributed by atoms with Crippen LogP contribution in [0.3, 0.4) is 0 Å². The number of amides is 3. The number of urea groups is 1. The second kappa shape index (κ2) is 8.51. The van der Waals surface area contributed by atoms with E-state index in [1.54, 1.807) is 16.8 Å². The lowest BCUT2D eigenvalue weighted by Crippen LogP contribution is -2.36. The van der Waals surface area contributed by atoms with Crippen molar-refractivity contribution in [3.05, 3.63) is 71.6 Å². The molecule has 0 aliphatic carbocycles. The van der Waals surface area contributed by atoms with Crippen LogP contribution >= 0.6 is 0 Å². The first kappa shape index (κ1) is 20.0. The van der Waals surface area contributed by atoms with Crippen LogP contribution in [-0.2, 0) is 4.79 Å². The average Bonchev–Trinajstić information content (AvgIpc) is 3.01. The fourth-order valence-corrected chi connectivity index (χ4v) is 2.74. The number of aromatic nitrogens is 2. The van der Waals surface area contributed by atoms with E-state index < -0.39 is 23.6 Å². The lowest BCUT2D eigenvalue weighted by atomic mass is 10.2. The number of carbonyl (C=O) groups excluding carboxylic acids is 2. The molecule has 3 rings (SSSR count). The Morgan fingerprint density at radius 3 is 2.45 bits per heavy atom. The molecule has 150 valence electrons. The highest BCUT2D eigenvalue weighted by atomic mass is 19.2. The van der Waals surface area contributed by atoms with Crippen molar-refractivity contribution >= 4 is 23.3 Å². The number of hydrogen-bond acceptors (Lipinski definition) is 3. The minimum atomic E-state index is -1.07. The summed E-state index contributed by atoms with van der Waals surface area (Å²) in [4.78, 5) is 24.1. The summed E-state index contributed by atoms with van der Waals surface area (Å²) in [6.07, 6.45) is 0. The molecule has 3 aromatic rings. The van der Waals surface area contributed by atoms with E-state index in [1.807, 2.05) is 32.0 Å². The molecule has 0 radical (unpaired) electrons. The van der Waals surface area contributed by atoms with Crippen molar-refractivity contribution in [3.63, 3.8) is 0 Å². The zero-order chi connectivity index (χ0) is 21.0. The van der Waals surface area contributed by atoms with E-state index in [2.05, 4.69) is 21.0 Å². The zero-order valence-corrected chi connectivity index (χ0v) is 15.8. The number of hydrogen-bond donors (Lipinski definition) is 3. The minimum Gasteiger partial charge on any atom is -0.329 e. The largest absolute Gasteiger partial charge is 0.329 e. The first-order valence-electron chi connectivity index (χ1n) is 8.76. The number of aryl methyl sites for hydroxylation is 2. The molecule has 0 aliphatic rings. The van der Waals surface area contributed by atoms with Gasteiger partial charge in [-0.15, -0.1) is 0 Å². The van der Waals surface area contributed by atoms with E-state index in [1.165, 1.54) is 6.07 Å². The fourth-order valence-electron chi connectivity index (χ4n) is 2.74. The smallest absolute Gasteiger partial charge is 0.319 e. The molecule has 0 atom stereocenters. The van der Waals surface area contributed by atoms with Crippen LogP contribution in [-0.4, -0.2) is 28.3 Å². The van der Waals surface area contributed by atoms with Gasteiger partial charge >= 0.3 is 6.03 Å². The minimum absolute atomic E-state index is 0.0889. The molecule has 1 aromatic heterocycles. The van der Waals surface area contributed by atoms with Gasteiger partial charge < -0.3 is 16.0 Å². The summed E-state index contributed by atoms with van der Waals surface area (Å²) in [5.74, 6) is -2.67. The first-order valence-corrected chi connectivity index (χ1v) is 8.76. The van der Waals surface area contributed by atoms with Gasteiger partial charge in [0.2, 0.25) is 5.91 Å². The molecule has 1 heterocycles. The molecule has 0 unspecified atom stereocenters. The summed E-state index contributed by atoms with van der Waals surface area (Å²) in [6.45, 7) is 3.42. The van der Waals surface area contributed by atoms with Crippen LogP contribution in [0.5, 0.6) is 0 Å². The van der Waals surface area contributed by atoms with Crippen LogP contribution in [0.2, 0.25) is 0 Å². The second-order valence-electron chi connectivity index (χ2n) is 6.34. The molecule has 0 saturated heterocycles. The highest BCUT2D eigenvalue weighted by molar-refractivity contribution is 5.97. The quantitative estimate of drug-likeness (QED) is 0.613. The summed E-state index contributed by atoms with van der Waals surface area (Å²) in [7, 11) is 0. The van der Waals surface area contributed by atoms with E-state index in [-0.39, 0.29) is 12.2 Å². The van der Waals surface area contributed by atoms with Crippen LogP contribution in [0.4, 0.5) is 25.0 Å². The Labute approximate surface area is 165 Å². The van der Waals surface area contributed by atoms with Crippen LogP contribution in [0.15, 0.2) is 48.5 Å².